The van der Waals surface area contributed by atoms with Gasteiger partial charge in [0, 0.05) is 10.8 Å². The fourth-order valence-corrected chi connectivity index (χ4v) is 2.18. The van der Waals surface area contributed by atoms with Crippen LogP contribution < -0.4 is 0 Å². The van der Waals surface area contributed by atoms with E-state index in [1.807, 2.05) is 26.0 Å². The molecule has 1 heterocycles. The molecular formula is C16H18O. The van der Waals surface area contributed by atoms with Gasteiger partial charge >= 0.3 is 0 Å². The Kier molecular flexibility index (Phi) is 3.19. The molecule has 0 unspecified atom stereocenters. The Morgan fingerprint density at radius 3 is 2.35 bits per heavy atom. The first-order valence-electron chi connectivity index (χ1n) is 6.14. The summed E-state index contributed by atoms with van der Waals surface area (Å²) in [5.41, 5.74) is 4.48. The molecule has 0 atom stereocenters. The average molecular weight is 226 g/mol. The van der Waals surface area contributed by atoms with Crippen LogP contribution in [0.15, 0.2) is 40.8 Å². The van der Waals surface area contributed by atoms with Crippen molar-refractivity contribution in [1.82, 2.24) is 0 Å². The van der Waals surface area contributed by atoms with Gasteiger partial charge in [-0.3, -0.25) is 0 Å². The quantitative estimate of drug-likeness (QED) is 0.511. The van der Waals surface area contributed by atoms with E-state index in [4.69, 9.17) is 4.42 Å². The highest BCUT2D eigenvalue weighted by molar-refractivity contribution is 6.06. The summed E-state index contributed by atoms with van der Waals surface area (Å²) < 4.78 is 5.84. The second-order valence-corrected chi connectivity index (χ2v) is 4.06. The fourth-order valence-electron chi connectivity index (χ4n) is 2.18. The lowest BCUT2D eigenvalue weighted by molar-refractivity contribution is 0.665. The average Bonchev–Trinajstić information content (AvgIpc) is 2.71. The van der Waals surface area contributed by atoms with Crippen molar-refractivity contribution >= 4 is 21.9 Å². The van der Waals surface area contributed by atoms with Crippen LogP contribution in [-0.2, 0) is 0 Å². The Balaban J connectivity index is 0.000000514. The SMILES string of the molecule is CC.Cc1cc(C)c2oc3ccccc3c2c1. The highest BCUT2D eigenvalue weighted by Gasteiger charge is 2.08. The van der Waals surface area contributed by atoms with Gasteiger partial charge in [0.2, 0.25) is 0 Å². The van der Waals surface area contributed by atoms with Crippen LogP contribution in [0.1, 0.15) is 25.0 Å². The first kappa shape index (κ1) is 11.7. The molecule has 0 aliphatic carbocycles. The summed E-state index contributed by atoms with van der Waals surface area (Å²) in [5.74, 6) is 0. The van der Waals surface area contributed by atoms with Gasteiger partial charge in [-0.2, -0.15) is 0 Å². The van der Waals surface area contributed by atoms with Gasteiger partial charge in [0.05, 0.1) is 0 Å². The predicted octanol–water partition coefficient (Wildman–Crippen LogP) is 5.23. The lowest BCUT2D eigenvalue weighted by atomic mass is 10.1. The Morgan fingerprint density at radius 1 is 0.882 bits per heavy atom. The number of hydrogen-bond donors (Lipinski definition) is 0. The third-order valence-electron chi connectivity index (χ3n) is 2.81. The van der Waals surface area contributed by atoms with E-state index in [1.54, 1.807) is 0 Å². The lowest BCUT2D eigenvalue weighted by Crippen LogP contribution is -1.76. The third-order valence-corrected chi connectivity index (χ3v) is 2.81. The maximum atomic E-state index is 5.84. The van der Waals surface area contributed by atoms with Gasteiger partial charge in [-0.25, -0.2) is 0 Å². The van der Waals surface area contributed by atoms with E-state index in [9.17, 15) is 0 Å². The Bertz CT molecular complexity index is 647. The van der Waals surface area contributed by atoms with Crippen molar-refractivity contribution in [2.24, 2.45) is 0 Å². The molecule has 3 rings (SSSR count). The Hall–Kier alpha value is -1.76. The van der Waals surface area contributed by atoms with E-state index < -0.39 is 0 Å². The summed E-state index contributed by atoms with van der Waals surface area (Å²) in [6.07, 6.45) is 0. The molecule has 0 radical (unpaired) electrons. The molecule has 88 valence electrons. The molecule has 17 heavy (non-hydrogen) atoms. The van der Waals surface area contributed by atoms with Gasteiger partial charge in [-0.15, -0.1) is 0 Å². The van der Waals surface area contributed by atoms with E-state index in [-0.39, 0.29) is 0 Å². The van der Waals surface area contributed by atoms with Crippen LogP contribution in [0.2, 0.25) is 0 Å². The zero-order valence-corrected chi connectivity index (χ0v) is 10.9. The number of para-hydroxylation sites is 1. The van der Waals surface area contributed by atoms with Crippen LogP contribution in [0.4, 0.5) is 0 Å². The van der Waals surface area contributed by atoms with Crippen molar-refractivity contribution < 1.29 is 4.42 Å². The van der Waals surface area contributed by atoms with Gasteiger partial charge in [-0.1, -0.05) is 38.1 Å². The topological polar surface area (TPSA) is 13.1 Å². The van der Waals surface area contributed by atoms with Crippen molar-refractivity contribution in [3.63, 3.8) is 0 Å². The van der Waals surface area contributed by atoms with E-state index >= 15 is 0 Å². The molecule has 0 aliphatic rings. The van der Waals surface area contributed by atoms with Crippen LogP contribution in [0.3, 0.4) is 0 Å². The van der Waals surface area contributed by atoms with E-state index in [2.05, 4.69) is 38.1 Å². The normalized spacial score (nSPS) is 10.4. The summed E-state index contributed by atoms with van der Waals surface area (Å²) in [7, 11) is 0. The zero-order valence-electron chi connectivity index (χ0n) is 10.9. The van der Waals surface area contributed by atoms with Gasteiger partial charge in [0.25, 0.3) is 0 Å². The number of hydrogen-bond acceptors (Lipinski definition) is 1. The van der Waals surface area contributed by atoms with Crippen LogP contribution in [0.5, 0.6) is 0 Å². The molecule has 0 amide bonds. The maximum absolute atomic E-state index is 5.84. The van der Waals surface area contributed by atoms with Crippen LogP contribution >= 0.6 is 0 Å². The highest BCUT2D eigenvalue weighted by Crippen LogP contribution is 2.31. The molecule has 0 aliphatic heterocycles. The van der Waals surface area contributed by atoms with Gasteiger partial charge in [0.15, 0.2) is 0 Å². The molecule has 0 bridgehead atoms. The lowest BCUT2D eigenvalue weighted by Gasteiger charge is -1.96. The summed E-state index contributed by atoms with van der Waals surface area (Å²) in [5, 5.41) is 2.43. The van der Waals surface area contributed by atoms with Crippen molar-refractivity contribution in [3.8, 4) is 0 Å². The minimum absolute atomic E-state index is 0.973. The van der Waals surface area contributed by atoms with Crippen molar-refractivity contribution in [2.45, 2.75) is 27.7 Å². The molecule has 3 aromatic rings. The minimum Gasteiger partial charge on any atom is -0.456 e. The van der Waals surface area contributed by atoms with E-state index in [1.165, 1.54) is 21.9 Å². The first-order chi connectivity index (χ1) is 8.25. The van der Waals surface area contributed by atoms with E-state index in [0.29, 0.717) is 0 Å². The summed E-state index contributed by atoms with van der Waals surface area (Å²) in [4.78, 5) is 0. The predicted molar refractivity (Wildman–Crippen MR) is 74.5 cm³/mol. The van der Waals surface area contributed by atoms with Crippen LogP contribution in [-0.4, -0.2) is 0 Å². The zero-order chi connectivity index (χ0) is 12.4. The van der Waals surface area contributed by atoms with Crippen molar-refractivity contribution in [3.05, 3.63) is 47.5 Å². The number of fused-ring (bicyclic) bond motifs is 3. The second kappa shape index (κ2) is 4.62. The Labute approximate surface area is 102 Å². The molecule has 0 spiro atoms. The van der Waals surface area contributed by atoms with Gasteiger partial charge in [0.1, 0.15) is 11.2 Å². The second-order valence-electron chi connectivity index (χ2n) is 4.06. The largest absolute Gasteiger partial charge is 0.456 e. The molecule has 2 aromatic carbocycles. The third kappa shape index (κ3) is 1.93. The molecule has 0 N–H and O–H groups in total. The molecular weight excluding hydrogens is 208 g/mol. The maximum Gasteiger partial charge on any atom is 0.138 e. The molecule has 0 saturated heterocycles. The summed E-state index contributed by atoms with van der Waals surface area (Å²) in [6.45, 7) is 8.21. The summed E-state index contributed by atoms with van der Waals surface area (Å²) in [6, 6.07) is 12.5. The molecule has 0 saturated carbocycles. The molecule has 1 nitrogen and oxygen atoms in total. The molecule has 0 fully saturated rings. The van der Waals surface area contributed by atoms with E-state index in [0.717, 1.165) is 11.2 Å². The summed E-state index contributed by atoms with van der Waals surface area (Å²) >= 11 is 0. The van der Waals surface area contributed by atoms with Crippen molar-refractivity contribution in [2.75, 3.05) is 0 Å². The van der Waals surface area contributed by atoms with Gasteiger partial charge < -0.3 is 4.42 Å². The monoisotopic (exact) mass is 226 g/mol. The standard InChI is InChI=1S/C14H12O.C2H6/c1-9-7-10(2)14-12(8-9)11-5-3-4-6-13(11)15-14;1-2/h3-8H,1-2H3;1-2H3. The highest BCUT2D eigenvalue weighted by atomic mass is 16.3. The van der Waals surface area contributed by atoms with Gasteiger partial charge in [-0.05, 0) is 37.1 Å². The number of furan rings is 1. The van der Waals surface area contributed by atoms with Crippen LogP contribution in [0, 0.1) is 13.8 Å². The van der Waals surface area contributed by atoms with Crippen molar-refractivity contribution in [1.29, 1.82) is 0 Å². The number of aryl methyl sites for hydroxylation is 2. The Morgan fingerprint density at radius 2 is 1.59 bits per heavy atom. The fraction of sp³-hybridized carbons (Fsp3) is 0.250. The number of rotatable bonds is 0. The first-order valence-corrected chi connectivity index (χ1v) is 6.14. The smallest absolute Gasteiger partial charge is 0.138 e. The minimum atomic E-state index is 0.973. The molecule has 1 heteroatoms. The van der Waals surface area contributed by atoms with Crippen LogP contribution in [0.25, 0.3) is 21.9 Å². The molecule has 1 aromatic heterocycles. The number of benzene rings is 2.